The lowest BCUT2D eigenvalue weighted by Crippen LogP contribution is -2.19. The Labute approximate surface area is 114 Å². The number of fused-ring (bicyclic) bond motifs is 4. The Morgan fingerprint density at radius 1 is 1.25 bits per heavy atom. The van der Waals surface area contributed by atoms with Gasteiger partial charge in [0.05, 0.1) is 16.6 Å². The van der Waals surface area contributed by atoms with Gasteiger partial charge in [-0.1, -0.05) is 12.1 Å². The molecule has 1 N–H and O–H groups in total. The number of aliphatic carboxylic acids is 1. The van der Waals surface area contributed by atoms with E-state index in [-0.39, 0.29) is 0 Å². The van der Waals surface area contributed by atoms with Crippen LogP contribution in [0.2, 0.25) is 0 Å². The van der Waals surface area contributed by atoms with Crippen molar-refractivity contribution in [2.45, 2.75) is 6.42 Å². The van der Waals surface area contributed by atoms with Crippen LogP contribution >= 0.6 is 0 Å². The quantitative estimate of drug-likeness (QED) is 0.846. The third-order valence-electron chi connectivity index (χ3n) is 3.69. The van der Waals surface area contributed by atoms with Crippen LogP contribution in [0.5, 0.6) is 0 Å². The summed E-state index contributed by atoms with van der Waals surface area (Å²) in [5, 5.41) is 13.1. The van der Waals surface area contributed by atoms with Gasteiger partial charge in [-0.15, -0.1) is 0 Å². The summed E-state index contributed by atoms with van der Waals surface area (Å²) in [7, 11) is 0. The number of rotatable bonds is 1. The van der Waals surface area contributed by atoms with Gasteiger partial charge in [0.1, 0.15) is 0 Å². The SMILES string of the molecule is O=C(O)C1=CN=c2c(ccc3cc4c(cc23)=CC=N4)C1. The van der Waals surface area contributed by atoms with E-state index in [1.54, 1.807) is 6.21 Å². The molecule has 0 fully saturated rings. The summed E-state index contributed by atoms with van der Waals surface area (Å²) in [5.41, 5.74) is 2.25. The molecule has 4 rings (SSSR count). The average Bonchev–Trinajstić information content (AvgIpc) is 2.91. The number of hydrogen-bond donors (Lipinski definition) is 1. The van der Waals surface area contributed by atoms with E-state index < -0.39 is 5.97 Å². The minimum Gasteiger partial charge on any atom is -0.478 e. The zero-order valence-corrected chi connectivity index (χ0v) is 10.5. The highest BCUT2D eigenvalue weighted by Crippen LogP contribution is 2.19. The molecule has 4 nitrogen and oxygen atoms in total. The predicted molar refractivity (Wildman–Crippen MR) is 76.8 cm³/mol. The fourth-order valence-corrected chi connectivity index (χ4v) is 2.67. The van der Waals surface area contributed by atoms with Crippen LogP contribution in [0.15, 0.2) is 46.0 Å². The lowest BCUT2D eigenvalue weighted by atomic mass is 9.98. The molecule has 4 heteroatoms. The Balaban J connectivity index is 2.06. The first-order valence-electron chi connectivity index (χ1n) is 6.32. The molecule has 0 saturated heterocycles. The number of carboxylic acids is 1. The molecule has 20 heavy (non-hydrogen) atoms. The normalized spacial score (nSPS) is 15.1. The molecule has 2 aliphatic heterocycles. The maximum absolute atomic E-state index is 11.0. The maximum Gasteiger partial charge on any atom is 0.333 e. The van der Waals surface area contributed by atoms with E-state index in [1.807, 2.05) is 24.3 Å². The van der Waals surface area contributed by atoms with Gasteiger partial charge in [0, 0.05) is 29.4 Å². The maximum atomic E-state index is 11.0. The number of nitrogens with zero attached hydrogens (tertiary/aromatic N) is 2. The molecular weight excluding hydrogens is 252 g/mol. The largest absolute Gasteiger partial charge is 0.478 e. The van der Waals surface area contributed by atoms with Gasteiger partial charge in [0.2, 0.25) is 0 Å². The monoisotopic (exact) mass is 262 g/mol. The summed E-state index contributed by atoms with van der Waals surface area (Å²) in [5.74, 6) is -0.907. The summed E-state index contributed by atoms with van der Waals surface area (Å²) in [6.45, 7) is 0. The molecule has 0 atom stereocenters. The van der Waals surface area contributed by atoms with Crippen LogP contribution in [-0.2, 0) is 11.2 Å². The first kappa shape index (κ1) is 11.1. The third-order valence-corrected chi connectivity index (χ3v) is 3.69. The summed E-state index contributed by atoms with van der Waals surface area (Å²) >= 11 is 0. The van der Waals surface area contributed by atoms with Crippen molar-refractivity contribution in [2.24, 2.45) is 9.98 Å². The fraction of sp³-hybridized carbons (Fsp3) is 0.0625. The van der Waals surface area contributed by atoms with Crippen LogP contribution in [0.3, 0.4) is 0 Å². The third kappa shape index (κ3) is 1.51. The lowest BCUT2D eigenvalue weighted by Gasteiger charge is -2.10. The molecule has 0 spiro atoms. The first-order valence-corrected chi connectivity index (χ1v) is 6.32. The van der Waals surface area contributed by atoms with Crippen LogP contribution < -0.4 is 10.6 Å². The second-order valence-corrected chi connectivity index (χ2v) is 4.92. The standard InChI is InChI=1S/C16H10N2O2/c19-16(20)12-5-11-2-1-9-7-14-10(3-4-17-14)6-13(9)15(11)18-8-12/h1-4,6-8H,5H2,(H,19,20). The number of hydrogen-bond acceptors (Lipinski definition) is 3. The predicted octanol–water partition coefficient (Wildman–Crippen LogP) is 1.48. The van der Waals surface area contributed by atoms with E-state index in [1.165, 1.54) is 6.20 Å². The molecule has 2 aromatic carbocycles. The fourth-order valence-electron chi connectivity index (χ4n) is 2.67. The van der Waals surface area contributed by atoms with Crippen molar-refractivity contribution in [3.05, 3.63) is 52.2 Å². The highest BCUT2D eigenvalue weighted by Gasteiger charge is 2.15. The van der Waals surface area contributed by atoms with Crippen LogP contribution in [0.4, 0.5) is 5.69 Å². The molecule has 0 amide bonds. The highest BCUT2D eigenvalue weighted by atomic mass is 16.4. The molecule has 0 bridgehead atoms. The second kappa shape index (κ2) is 3.87. The Kier molecular flexibility index (Phi) is 2.15. The van der Waals surface area contributed by atoms with Gasteiger partial charge >= 0.3 is 5.97 Å². The lowest BCUT2D eigenvalue weighted by molar-refractivity contribution is -0.132. The zero-order valence-electron chi connectivity index (χ0n) is 10.5. The van der Waals surface area contributed by atoms with E-state index in [4.69, 9.17) is 5.11 Å². The van der Waals surface area contributed by atoms with Crippen molar-refractivity contribution in [1.82, 2.24) is 0 Å². The summed E-state index contributed by atoms with van der Waals surface area (Å²) in [4.78, 5) is 19.7. The molecule has 96 valence electrons. The van der Waals surface area contributed by atoms with E-state index in [9.17, 15) is 4.79 Å². The van der Waals surface area contributed by atoms with E-state index >= 15 is 0 Å². The highest BCUT2D eigenvalue weighted by molar-refractivity contribution is 5.99. The number of carbonyl (C=O) groups is 1. The molecule has 0 radical (unpaired) electrons. The van der Waals surface area contributed by atoms with Crippen LogP contribution in [0.25, 0.3) is 16.8 Å². The molecule has 2 aliphatic rings. The molecular formula is C16H10N2O2. The Bertz CT molecular complexity index is 953. The van der Waals surface area contributed by atoms with E-state index in [2.05, 4.69) is 16.1 Å². The van der Waals surface area contributed by atoms with Gasteiger partial charge in [-0.2, -0.15) is 0 Å². The van der Waals surface area contributed by atoms with Crippen molar-refractivity contribution in [3.63, 3.8) is 0 Å². The van der Waals surface area contributed by atoms with Crippen molar-refractivity contribution in [2.75, 3.05) is 0 Å². The topological polar surface area (TPSA) is 62.0 Å². The summed E-state index contributed by atoms with van der Waals surface area (Å²) in [6.07, 6.45) is 5.63. The second-order valence-electron chi connectivity index (χ2n) is 4.92. The molecule has 2 heterocycles. The molecule has 0 aromatic heterocycles. The first-order chi connectivity index (χ1) is 9.72. The molecule has 2 aromatic rings. The van der Waals surface area contributed by atoms with Gasteiger partial charge in [-0.25, -0.2) is 4.79 Å². The summed E-state index contributed by atoms with van der Waals surface area (Å²) < 4.78 is 0. The molecule has 0 saturated carbocycles. The van der Waals surface area contributed by atoms with Crippen molar-refractivity contribution >= 4 is 34.7 Å². The van der Waals surface area contributed by atoms with E-state index in [0.29, 0.717) is 12.0 Å². The van der Waals surface area contributed by atoms with E-state index in [0.717, 1.165) is 32.6 Å². The Hall–Kier alpha value is -2.75. The van der Waals surface area contributed by atoms with Gasteiger partial charge in [-0.05, 0) is 29.2 Å². The smallest absolute Gasteiger partial charge is 0.333 e. The van der Waals surface area contributed by atoms with Crippen molar-refractivity contribution < 1.29 is 9.90 Å². The molecule has 0 unspecified atom stereocenters. The van der Waals surface area contributed by atoms with Gasteiger partial charge in [0.15, 0.2) is 0 Å². The van der Waals surface area contributed by atoms with Gasteiger partial charge < -0.3 is 5.11 Å². The minimum absolute atomic E-state index is 0.327. The Morgan fingerprint density at radius 2 is 2.15 bits per heavy atom. The minimum atomic E-state index is -0.907. The summed E-state index contributed by atoms with van der Waals surface area (Å²) in [6, 6.07) is 8.06. The zero-order chi connectivity index (χ0) is 13.7. The van der Waals surface area contributed by atoms with Crippen LogP contribution in [0, 0.1) is 0 Å². The van der Waals surface area contributed by atoms with Crippen LogP contribution in [-0.4, -0.2) is 17.3 Å². The number of aliphatic imine (C=N–C) groups is 1. The van der Waals surface area contributed by atoms with Crippen molar-refractivity contribution in [3.8, 4) is 0 Å². The van der Waals surface area contributed by atoms with Gasteiger partial charge in [0.25, 0.3) is 0 Å². The number of benzene rings is 2. The van der Waals surface area contributed by atoms with Crippen molar-refractivity contribution in [1.29, 1.82) is 0 Å². The van der Waals surface area contributed by atoms with Gasteiger partial charge in [-0.3, -0.25) is 9.98 Å². The molecule has 0 aliphatic carbocycles. The average molecular weight is 262 g/mol. The van der Waals surface area contributed by atoms with Crippen LogP contribution in [0.1, 0.15) is 5.56 Å². The Morgan fingerprint density at radius 3 is 3.00 bits per heavy atom. The number of carboxylic acid groups (broad SMARTS) is 1.